The summed E-state index contributed by atoms with van der Waals surface area (Å²) >= 11 is 6.13. The van der Waals surface area contributed by atoms with Gasteiger partial charge in [0.25, 0.3) is 0 Å². The number of aliphatic hydroxyl groups excluding tert-OH is 1. The van der Waals surface area contributed by atoms with Gasteiger partial charge >= 0.3 is 0 Å². The monoisotopic (exact) mass is 410 g/mol. The van der Waals surface area contributed by atoms with Crippen LogP contribution in [0.4, 0.5) is 0 Å². The van der Waals surface area contributed by atoms with Gasteiger partial charge in [-0.05, 0) is 65.0 Å². The minimum atomic E-state index is -0.333. The van der Waals surface area contributed by atoms with Crippen molar-refractivity contribution in [2.45, 2.75) is 79.0 Å². The number of aliphatic hydroxyl groups is 1. The van der Waals surface area contributed by atoms with Crippen LogP contribution < -0.4 is 0 Å². The van der Waals surface area contributed by atoms with Crippen molar-refractivity contribution in [3.8, 4) is 11.5 Å². The molecule has 156 valence electrons. The molecule has 1 aliphatic heterocycles. The van der Waals surface area contributed by atoms with Gasteiger partial charge in [-0.2, -0.15) is 0 Å². The Balaban J connectivity index is 2.00. The molecular weight excluding hydrogens is 380 g/mol. The van der Waals surface area contributed by atoms with Crippen LogP contribution in [0.25, 0.3) is 0 Å². The van der Waals surface area contributed by atoms with E-state index < -0.39 is 0 Å². The fourth-order valence-corrected chi connectivity index (χ4v) is 3.39. The highest BCUT2D eigenvalue weighted by Crippen LogP contribution is 2.41. The Kier molecular flexibility index (Phi) is 7.96. The number of halogens is 1. The first kappa shape index (κ1) is 22.8. The van der Waals surface area contributed by atoms with Crippen LogP contribution in [0.5, 0.6) is 11.5 Å². The lowest BCUT2D eigenvalue weighted by atomic mass is 9.98. The number of hydrogen-bond donors (Lipinski definition) is 3. The van der Waals surface area contributed by atoms with E-state index in [-0.39, 0.29) is 41.6 Å². The van der Waals surface area contributed by atoms with E-state index in [1.54, 1.807) is 6.92 Å². The topological polar surface area (TPSA) is 79.2 Å². The first-order chi connectivity index (χ1) is 13.2. The highest BCUT2D eigenvalue weighted by Gasteiger charge is 2.30. The van der Waals surface area contributed by atoms with Gasteiger partial charge in [0.05, 0.1) is 23.8 Å². The molecule has 0 amide bonds. The van der Waals surface area contributed by atoms with Crippen molar-refractivity contribution in [1.82, 2.24) is 0 Å². The zero-order chi connectivity index (χ0) is 21.0. The Labute approximate surface area is 172 Å². The van der Waals surface area contributed by atoms with Gasteiger partial charge in [-0.1, -0.05) is 29.3 Å². The van der Waals surface area contributed by atoms with Crippen LogP contribution in [-0.4, -0.2) is 33.8 Å². The second-order valence-corrected chi connectivity index (χ2v) is 7.89. The number of phenols is 2. The van der Waals surface area contributed by atoms with Crippen molar-refractivity contribution >= 4 is 11.6 Å². The maximum absolute atomic E-state index is 10.4. The van der Waals surface area contributed by atoms with E-state index in [0.717, 1.165) is 24.0 Å². The molecule has 1 fully saturated rings. The minimum Gasteiger partial charge on any atom is -0.507 e. The van der Waals surface area contributed by atoms with E-state index in [1.807, 2.05) is 33.8 Å². The fourth-order valence-electron chi connectivity index (χ4n) is 3.16. The summed E-state index contributed by atoms with van der Waals surface area (Å²) in [4.78, 5) is 0. The predicted molar refractivity (Wildman–Crippen MR) is 111 cm³/mol. The molecule has 1 aromatic carbocycles. The Hall–Kier alpha value is -1.53. The molecule has 0 radical (unpaired) electrons. The van der Waals surface area contributed by atoms with E-state index in [2.05, 4.69) is 6.08 Å². The van der Waals surface area contributed by atoms with Crippen LogP contribution in [0.15, 0.2) is 23.3 Å². The molecule has 0 saturated carbocycles. The molecule has 1 aromatic rings. The Morgan fingerprint density at radius 3 is 2.21 bits per heavy atom. The lowest BCUT2D eigenvalue weighted by molar-refractivity contribution is -0.0334. The van der Waals surface area contributed by atoms with Crippen LogP contribution in [0.3, 0.4) is 0 Å². The van der Waals surface area contributed by atoms with Gasteiger partial charge in [-0.15, -0.1) is 0 Å². The van der Waals surface area contributed by atoms with E-state index >= 15 is 0 Å². The molecule has 1 heterocycles. The van der Waals surface area contributed by atoms with Crippen molar-refractivity contribution in [2.24, 2.45) is 0 Å². The van der Waals surface area contributed by atoms with Gasteiger partial charge in [-0.3, -0.25) is 0 Å². The number of phenolic OH excluding ortho intramolecular Hbond substituents is 1. The summed E-state index contributed by atoms with van der Waals surface area (Å²) < 4.78 is 11.5. The van der Waals surface area contributed by atoms with Crippen molar-refractivity contribution in [2.75, 3.05) is 0 Å². The molecule has 5 nitrogen and oxygen atoms in total. The highest BCUT2D eigenvalue weighted by molar-refractivity contribution is 6.33. The summed E-state index contributed by atoms with van der Waals surface area (Å²) in [6.07, 6.45) is 6.02. The van der Waals surface area contributed by atoms with Crippen LogP contribution in [0.2, 0.25) is 5.02 Å². The van der Waals surface area contributed by atoms with Gasteiger partial charge in [0.2, 0.25) is 0 Å². The third-order valence-electron chi connectivity index (χ3n) is 5.37. The lowest BCUT2D eigenvalue weighted by Crippen LogP contribution is -2.13. The highest BCUT2D eigenvalue weighted by atomic mass is 35.5. The number of hydrogen-bond acceptors (Lipinski definition) is 5. The third-order valence-corrected chi connectivity index (χ3v) is 5.84. The molecule has 0 aliphatic carbocycles. The molecule has 2 atom stereocenters. The molecule has 28 heavy (non-hydrogen) atoms. The lowest BCUT2D eigenvalue weighted by Gasteiger charge is -2.15. The van der Waals surface area contributed by atoms with Gasteiger partial charge in [0, 0.05) is 11.1 Å². The second kappa shape index (κ2) is 9.79. The Morgan fingerprint density at radius 1 is 1.04 bits per heavy atom. The molecule has 1 saturated heterocycles. The smallest absolute Gasteiger partial charge is 0.180 e. The first-order valence-electron chi connectivity index (χ1n) is 9.63. The van der Waals surface area contributed by atoms with E-state index in [9.17, 15) is 15.3 Å². The van der Waals surface area contributed by atoms with Gasteiger partial charge in [0.1, 0.15) is 11.5 Å². The largest absolute Gasteiger partial charge is 0.507 e. The summed E-state index contributed by atoms with van der Waals surface area (Å²) in [6.45, 7) is 9.36. The predicted octanol–water partition coefficient (Wildman–Crippen LogP) is 4.92. The zero-order valence-electron chi connectivity index (χ0n) is 17.3. The Morgan fingerprint density at radius 2 is 1.64 bits per heavy atom. The summed E-state index contributed by atoms with van der Waals surface area (Å²) in [7, 11) is 0. The molecule has 6 heteroatoms. The van der Waals surface area contributed by atoms with Crippen molar-refractivity contribution in [3.05, 3.63) is 45.0 Å². The molecule has 2 rings (SSSR count). The SMILES string of the molecule is C/C(=C\Cc1c(O)c(Cl)c(C)c(CO)c1O)CC/C=C(\C)C1OC(C)C(C)O1. The number of aromatic hydroxyl groups is 2. The fraction of sp³-hybridized carbons (Fsp3) is 0.545. The molecule has 0 aromatic heterocycles. The second-order valence-electron chi connectivity index (χ2n) is 7.51. The number of rotatable bonds is 7. The number of ether oxygens (including phenoxy) is 2. The van der Waals surface area contributed by atoms with Crippen molar-refractivity contribution in [3.63, 3.8) is 0 Å². The Bertz CT molecular complexity index is 759. The van der Waals surface area contributed by atoms with E-state index in [1.165, 1.54) is 0 Å². The summed E-state index contributed by atoms with van der Waals surface area (Å²) in [5, 5.41) is 30.3. The van der Waals surface area contributed by atoms with Crippen LogP contribution in [0, 0.1) is 6.92 Å². The maximum Gasteiger partial charge on any atom is 0.180 e. The van der Waals surface area contributed by atoms with Crippen LogP contribution in [0.1, 0.15) is 57.2 Å². The number of benzene rings is 1. The van der Waals surface area contributed by atoms with Crippen LogP contribution in [-0.2, 0) is 22.5 Å². The average molecular weight is 411 g/mol. The molecule has 2 unspecified atom stereocenters. The maximum atomic E-state index is 10.4. The summed E-state index contributed by atoms with van der Waals surface area (Å²) in [5.41, 5.74) is 3.37. The van der Waals surface area contributed by atoms with Crippen molar-refractivity contribution < 1.29 is 24.8 Å². The third kappa shape index (κ3) is 5.09. The molecule has 1 aliphatic rings. The van der Waals surface area contributed by atoms with E-state index in [4.69, 9.17) is 21.1 Å². The zero-order valence-corrected chi connectivity index (χ0v) is 18.0. The average Bonchev–Trinajstić information content (AvgIpc) is 2.99. The van der Waals surface area contributed by atoms with Crippen molar-refractivity contribution in [1.29, 1.82) is 0 Å². The molecule has 0 spiro atoms. The number of allylic oxidation sites excluding steroid dienone is 3. The van der Waals surface area contributed by atoms with Crippen LogP contribution >= 0.6 is 11.6 Å². The summed E-state index contributed by atoms with van der Waals surface area (Å²) in [5.74, 6) is -0.229. The quantitative estimate of drug-likeness (QED) is 0.556. The minimum absolute atomic E-state index is 0.0968. The van der Waals surface area contributed by atoms with Gasteiger partial charge < -0.3 is 24.8 Å². The van der Waals surface area contributed by atoms with E-state index in [0.29, 0.717) is 23.1 Å². The van der Waals surface area contributed by atoms with Gasteiger partial charge in [-0.25, -0.2) is 0 Å². The standard InChI is InChI=1S/C22H31ClO5/c1-12(7-6-8-13(2)22-27-15(4)16(5)28-22)9-10-17-20(25)18(11-24)14(3)19(23)21(17)26/h8-9,15-16,22,24-26H,6-7,10-11H2,1-5H3/b12-9+,13-8+. The molecule has 3 N–H and O–H groups in total. The first-order valence-corrected chi connectivity index (χ1v) is 10.0. The molecule has 0 bridgehead atoms. The van der Waals surface area contributed by atoms with Gasteiger partial charge in [0.15, 0.2) is 6.29 Å². The molecular formula is C22H31ClO5. The summed E-state index contributed by atoms with van der Waals surface area (Å²) in [6, 6.07) is 0. The normalized spacial score (nSPS) is 23.5.